The van der Waals surface area contributed by atoms with E-state index in [1.54, 1.807) is 5.32 Å². The van der Waals surface area contributed by atoms with Crippen LogP contribution in [0, 0.1) is 0 Å². The van der Waals surface area contributed by atoms with E-state index in [9.17, 15) is 26.4 Å². The zero-order chi connectivity index (χ0) is 16.2. The predicted octanol–water partition coefficient (Wildman–Crippen LogP) is 2.11. The maximum atomic E-state index is 12.7. The summed E-state index contributed by atoms with van der Waals surface area (Å²) in [5.41, 5.74) is -0.950. The first kappa shape index (κ1) is 19.0. The van der Waals surface area contributed by atoms with Crippen molar-refractivity contribution >= 4 is 16.2 Å². The van der Waals surface area contributed by atoms with Gasteiger partial charge in [-0.25, -0.2) is 4.79 Å². The highest BCUT2D eigenvalue weighted by Gasteiger charge is 2.41. The summed E-state index contributed by atoms with van der Waals surface area (Å²) in [7, 11) is -4.33. The molecule has 0 aliphatic heterocycles. The van der Waals surface area contributed by atoms with Crippen molar-refractivity contribution in [2.75, 3.05) is 5.75 Å². The summed E-state index contributed by atoms with van der Waals surface area (Å²) in [5.74, 6) is -0.810. The number of halogens is 3. The van der Waals surface area contributed by atoms with Gasteiger partial charge in [-0.05, 0) is 33.6 Å². The summed E-state index contributed by atoms with van der Waals surface area (Å²) in [6, 6.07) is -2.24. The molecule has 20 heavy (non-hydrogen) atoms. The third kappa shape index (κ3) is 9.84. The Morgan fingerprint density at radius 1 is 1.30 bits per heavy atom. The molecule has 0 rings (SSSR count). The Kier molecular flexibility index (Phi) is 6.27. The molecule has 0 spiro atoms. The number of alkyl carbamates (subject to hydrolysis) is 1. The third-order valence-corrected chi connectivity index (χ3v) is 2.79. The molecular weight excluding hydrogens is 303 g/mol. The van der Waals surface area contributed by atoms with Gasteiger partial charge in [0, 0.05) is 0 Å². The predicted molar refractivity (Wildman–Crippen MR) is 64.9 cm³/mol. The van der Waals surface area contributed by atoms with Crippen LogP contribution in [0.15, 0.2) is 0 Å². The molecular formula is C10H18F3NO5S. The van der Waals surface area contributed by atoms with Gasteiger partial charge < -0.3 is 10.1 Å². The Labute approximate surface area is 115 Å². The zero-order valence-electron chi connectivity index (χ0n) is 11.3. The van der Waals surface area contributed by atoms with Crippen molar-refractivity contribution in [3.05, 3.63) is 0 Å². The maximum absolute atomic E-state index is 12.7. The Balaban J connectivity index is 4.56. The van der Waals surface area contributed by atoms with E-state index in [4.69, 9.17) is 9.29 Å². The van der Waals surface area contributed by atoms with Gasteiger partial charge in [-0.2, -0.15) is 21.6 Å². The minimum atomic E-state index is -4.74. The van der Waals surface area contributed by atoms with Gasteiger partial charge in [0.05, 0.1) is 5.75 Å². The molecule has 0 radical (unpaired) electrons. The molecule has 0 saturated heterocycles. The molecule has 0 heterocycles. The number of alkyl halides is 3. The van der Waals surface area contributed by atoms with Gasteiger partial charge in [0.25, 0.3) is 10.1 Å². The Morgan fingerprint density at radius 2 is 1.80 bits per heavy atom. The van der Waals surface area contributed by atoms with Crippen LogP contribution in [-0.4, -0.2) is 42.6 Å². The maximum Gasteiger partial charge on any atom is 0.408 e. The molecule has 10 heteroatoms. The topological polar surface area (TPSA) is 92.7 Å². The van der Waals surface area contributed by atoms with Crippen molar-refractivity contribution in [1.29, 1.82) is 0 Å². The largest absolute Gasteiger partial charge is 0.444 e. The molecule has 0 saturated carbocycles. The fourth-order valence-corrected chi connectivity index (χ4v) is 1.77. The molecule has 1 amide bonds. The second-order valence-corrected chi connectivity index (χ2v) is 6.74. The van der Waals surface area contributed by atoms with Crippen LogP contribution in [0.3, 0.4) is 0 Å². The van der Waals surface area contributed by atoms with E-state index in [0.717, 1.165) is 0 Å². The van der Waals surface area contributed by atoms with E-state index in [0.29, 0.717) is 0 Å². The van der Waals surface area contributed by atoms with Gasteiger partial charge in [-0.3, -0.25) is 4.55 Å². The summed E-state index contributed by atoms with van der Waals surface area (Å²) < 4.78 is 72.0. The van der Waals surface area contributed by atoms with Crippen LogP contribution in [0.25, 0.3) is 0 Å². The standard InChI is InChI=1S/C10H18F3NO5S/c1-9(2,3)19-8(15)14-7(10(11,12)13)5-4-6-20(16,17)18/h7H,4-6H2,1-3H3,(H,14,15)(H,16,17,18). The summed E-state index contributed by atoms with van der Waals surface area (Å²) in [4.78, 5) is 11.3. The van der Waals surface area contributed by atoms with Gasteiger partial charge in [-0.1, -0.05) is 0 Å². The highest BCUT2D eigenvalue weighted by molar-refractivity contribution is 7.85. The summed E-state index contributed by atoms with van der Waals surface area (Å²) >= 11 is 0. The molecule has 0 bridgehead atoms. The van der Waals surface area contributed by atoms with Crippen molar-refractivity contribution in [2.24, 2.45) is 0 Å². The number of hydrogen-bond acceptors (Lipinski definition) is 4. The lowest BCUT2D eigenvalue weighted by atomic mass is 10.1. The molecule has 1 atom stereocenters. The Morgan fingerprint density at radius 3 is 2.15 bits per heavy atom. The molecule has 0 fully saturated rings. The van der Waals surface area contributed by atoms with Gasteiger partial charge >= 0.3 is 12.3 Å². The minimum Gasteiger partial charge on any atom is -0.444 e. The van der Waals surface area contributed by atoms with Crippen LogP contribution in [0.1, 0.15) is 33.6 Å². The van der Waals surface area contributed by atoms with Crippen LogP contribution >= 0.6 is 0 Å². The van der Waals surface area contributed by atoms with Crippen molar-refractivity contribution in [1.82, 2.24) is 5.32 Å². The lowest BCUT2D eigenvalue weighted by Gasteiger charge is -2.25. The minimum absolute atomic E-state index is 0.446. The molecule has 2 N–H and O–H groups in total. The first-order chi connectivity index (χ1) is 8.71. The number of rotatable bonds is 5. The summed E-state index contributed by atoms with van der Waals surface area (Å²) in [6.07, 6.45) is -7.11. The first-order valence-corrected chi connectivity index (χ1v) is 7.33. The molecule has 120 valence electrons. The number of nitrogens with one attached hydrogen (secondary N) is 1. The number of ether oxygens (including phenoxy) is 1. The highest BCUT2D eigenvalue weighted by atomic mass is 32.2. The lowest BCUT2D eigenvalue weighted by Crippen LogP contribution is -2.47. The van der Waals surface area contributed by atoms with Gasteiger partial charge in [-0.15, -0.1) is 0 Å². The molecule has 6 nitrogen and oxygen atoms in total. The van der Waals surface area contributed by atoms with Crippen LogP contribution in [0.4, 0.5) is 18.0 Å². The second-order valence-electron chi connectivity index (χ2n) is 5.17. The number of amides is 1. The summed E-state index contributed by atoms with van der Waals surface area (Å²) in [6.45, 7) is 4.48. The first-order valence-electron chi connectivity index (χ1n) is 5.72. The molecule has 0 aromatic heterocycles. The Bertz CT molecular complexity index is 427. The van der Waals surface area contributed by atoms with E-state index in [1.165, 1.54) is 20.8 Å². The van der Waals surface area contributed by atoms with Crippen molar-refractivity contribution in [3.8, 4) is 0 Å². The van der Waals surface area contributed by atoms with E-state index in [-0.39, 0.29) is 0 Å². The van der Waals surface area contributed by atoms with Crippen molar-refractivity contribution in [2.45, 2.75) is 51.4 Å². The molecule has 0 aliphatic carbocycles. The monoisotopic (exact) mass is 321 g/mol. The lowest BCUT2D eigenvalue weighted by molar-refractivity contribution is -0.156. The van der Waals surface area contributed by atoms with Crippen LogP contribution in [-0.2, 0) is 14.9 Å². The smallest absolute Gasteiger partial charge is 0.408 e. The average Bonchev–Trinajstić information content (AvgIpc) is 2.09. The molecule has 0 aromatic carbocycles. The number of carbonyl (C=O) groups excluding carboxylic acids is 1. The van der Waals surface area contributed by atoms with E-state index in [1.807, 2.05) is 0 Å². The van der Waals surface area contributed by atoms with Crippen molar-refractivity contribution < 1.29 is 35.7 Å². The molecule has 0 aromatic rings. The van der Waals surface area contributed by atoms with Crippen LogP contribution in [0.2, 0.25) is 0 Å². The van der Waals surface area contributed by atoms with Crippen molar-refractivity contribution in [3.63, 3.8) is 0 Å². The van der Waals surface area contributed by atoms with Gasteiger partial charge in [0.2, 0.25) is 0 Å². The number of carbonyl (C=O) groups is 1. The summed E-state index contributed by atoms with van der Waals surface area (Å²) in [5, 5.41) is 1.64. The van der Waals surface area contributed by atoms with E-state index < -0.39 is 52.6 Å². The fourth-order valence-electron chi connectivity index (χ4n) is 1.24. The van der Waals surface area contributed by atoms with E-state index in [2.05, 4.69) is 0 Å². The Hall–Kier alpha value is -1.03. The SMILES string of the molecule is CC(C)(C)OC(=O)NC(CCCS(=O)(=O)O)C(F)(F)F. The second kappa shape index (κ2) is 6.61. The highest BCUT2D eigenvalue weighted by Crippen LogP contribution is 2.24. The van der Waals surface area contributed by atoms with Gasteiger partial charge in [0.1, 0.15) is 11.6 Å². The van der Waals surface area contributed by atoms with Gasteiger partial charge in [0.15, 0.2) is 0 Å². The van der Waals surface area contributed by atoms with Crippen LogP contribution < -0.4 is 5.32 Å². The average molecular weight is 321 g/mol. The molecule has 1 unspecified atom stereocenters. The normalized spacial score (nSPS) is 14.8. The fraction of sp³-hybridized carbons (Fsp3) is 0.900. The zero-order valence-corrected chi connectivity index (χ0v) is 12.1. The molecule has 0 aliphatic rings. The quantitative estimate of drug-likeness (QED) is 0.757. The van der Waals surface area contributed by atoms with E-state index >= 15 is 0 Å². The third-order valence-electron chi connectivity index (χ3n) is 1.98. The van der Waals surface area contributed by atoms with Crippen LogP contribution in [0.5, 0.6) is 0 Å². The number of hydrogen-bond donors (Lipinski definition) is 2.